The monoisotopic (exact) mass is 732 g/mol. The third kappa shape index (κ3) is 9.97. The summed E-state index contributed by atoms with van der Waals surface area (Å²) in [5.41, 5.74) is 1.76. The standard InChI is InChI=1S/C34H50F6O6S2/c1-32-16-14-27-26-13-12-25(45-22-44-2)20-24(26)19-23(30(27)28(32)21-29(35)31(32)46-48(41,42)43)11-8-6-4-3-5-7-9-17-47-18-10-15-33(36,37)34(38,39)40/h12-13,20,23,27-31H,3-11,14-19,21-22H2,1-2H3,(H,41,42,43)/t23-,27-,28+,29-,30-,31+,32+/m1/s1. The summed E-state index contributed by atoms with van der Waals surface area (Å²) in [5, 5.41) is 0. The molecule has 1 aromatic rings. The maximum absolute atomic E-state index is 15.5. The third-order valence-electron chi connectivity index (χ3n) is 10.9. The highest BCUT2D eigenvalue weighted by Gasteiger charge is 2.62. The molecular formula is C34H50F6O6S2. The number of fused-ring (bicyclic) bond motifs is 5. The molecule has 1 N–H and O–H groups in total. The van der Waals surface area contributed by atoms with Crippen molar-refractivity contribution in [1.29, 1.82) is 0 Å². The van der Waals surface area contributed by atoms with Crippen LogP contribution in [0.15, 0.2) is 18.2 Å². The SMILES string of the molecule is COCOc1ccc2c(c1)C[C@@H](CCCCCCCCCSCCCC(F)(F)C(F)(F)F)[C@@H]1[C@@H]2CC[C@@]2(C)[C@H]1C[C@@H](F)[C@@H]2OS(=O)(=O)O. The minimum Gasteiger partial charge on any atom is -0.468 e. The predicted octanol–water partition coefficient (Wildman–Crippen LogP) is 9.72. The molecule has 1 aromatic carbocycles. The van der Waals surface area contributed by atoms with E-state index in [1.807, 2.05) is 13.0 Å². The van der Waals surface area contributed by atoms with Crippen molar-refractivity contribution < 1.29 is 53.0 Å². The molecular weight excluding hydrogens is 682 g/mol. The topological polar surface area (TPSA) is 82.1 Å². The number of unbranched alkanes of at least 4 members (excludes halogenated alkanes) is 6. The van der Waals surface area contributed by atoms with Gasteiger partial charge in [0.15, 0.2) is 6.79 Å². The van der Waals surface area contributed by atoms with Crippen molar-refractivity contribution in [1.82, 2.24) is 0 Å². The Balaban J connectivity index is 1.27. The molecule has 276 valence electrons. The van der Waals surface area contributed by atoms with Crippen molar-refractivity contribution in [3.05, 3.63) is 29.3 Å². The zero-order chi connectivity index (χ0) is 35.2. The molecule has 0 radical (unpaired) electrons. The highest BCUT2D eigenvalue weighted by Crippen LogP contribution is 2.64. The summed E-state index contributed by atoms with van der Waals surface area (Å²) in [6.45, 7) is 2.07. The van der Waals surface area contributed by atoms with Crippen molar-refractivity contribution in [2.75, 3.05) is 25.4 Å². The van der Waals surface area contributed by atoms with Gasteiger partial charge in [0.05, 0.1) is 0 Å². The van der Waals surface area contributed by atoms with E-state index in [0.29, 0.717) is 12.2 Å². The number of hydrogen-bond donors (Lipinski definition) is 1. The zero-order valence-corrected chi connectivity index (χ0v) is 29.4. The summed E-state index contributed by atoms with van der Waals surface area (Å²) in [5.74, 6) is -2.28. The molecule has 3 aliphatic rings. The molecule has 48 heavy (non-hydrogen) atoms. The number of alkyl halides is 6. The minimum absolute atomic E-state index is 0.0837. The van der Waals surface area contributed by atoms with Crippen LogP contribution in [-0.4, -0.2) is 62.8 Å². The van der Waals surface area contributed by atoms with Gasteiger partial charge in [0.2, 0.25) is 0 Å². The average Bonchev–Trinajstić information content (AvgIpc) is 3.25. The highest BCUT2D eigenvalue weighted by molar-refractivity contribution is 7.99. The van der Waals surface area contributed by atoms with E-state index in [2.05, 4.69) is 12.1 Å². The molecule has 0 bridgehead atoms. The van der Waals surface area contributed by atoms with E-state index in [9.17, 15) is 34.9 Å². The lowest BCUT2D eigenvalue weighted by Crippen LogP contribution is -2.48. The molecule has 0 spiro atoms. The molecule has 0 unspecified atom stereocenters. The van der Waals surface area contributed by atoms with Crippen LogP contribution in [0.4, 0.5) is 26.3 Å². The quantitative estimate of drug-likeness (QED) is 0.0657. The van der Waals surface area contributed by atoms with Crippen LogP contribution in [0.3, 0.4) is 0 Å². The molecule has 0 amide bonds. The second-order valence-electron chi connectivity index (χ2n) is 14.1. The van der Waals surface area contributed by atoms with Crippen LogP contribution in [0.5, 0.6) is 5.75 Å². The van der Waals surface area contributed by atoms with Crippen LogP contribution in [0.2, 0.25) is 0 Å². The van der Waals surface area contributed by atoms with Crippen molar-refractivity contribution in [3.8, 4) is 5.75 Å². The predicted molar refractivity (Wildman–Crippen MR) is 174 cm³/mol. The van der Waals surface area contributed by atoms with E-state index in [4.69, 9.17) is 13.7 Å². The Hall–Kier alpha value is -1.22. The van der Waals surface area contributed by atoms with Gasteiger partial charge < -0.3 is 9.47 Å². The van der Waals surface area contributed by atoms with Gasteiger partial charge in [-0.3, -0.25) is 4.55 Å². The van der Waals surface area contributed by atoms with E-state index in [1.165, 1.54) is 22.9 Å². The smallest absolute Gasteiger partial charge is 0.453 e. The van der Waals surface area contributed by atoms with Gasteiger partial charge in [-0.25, -0.2) is 8.57 Å². The van der Waals surface area contributed by atoms with E-state index in [0.717, 1.165) is 75.7 Å². The van der Waals surface area contributed by atoms with Gasteiger partial charge >= 0.3 is 22.5 Å². The summed E-state index contributed by atoms with van der Waals surface area (Å²) in [7, 11) is -3.23. The van der Waals surface area contributed by atoms with Gasteiger partial charge in [-0.15, -0.1) is 0 Å². The van der Waals surface area contributed by atoms with Crippen LogP contribution < -0.4 is 4.74 Å². The molecule has 0 aliphatic heterocycles. The minimum atomic E-state index is -5.48. The maximum Gasteiger partial charge on any atom is 0.453 e. The van der Waals surface area contributed by atoms with Crippen molar-refractivity contribution >= 4 is 22.2 Å². The van der Waals surface area contributed by atoms with Crippen LogP contribution in [-0.2, 0) is 25.7 Å². The Morgan fingerprint density at radius 1 is 1.00 bits per heavy atom. The number of halogens is 6. The fourth-order valence-corrected chi connectivity index (χ4v) is 10.2. The molecule has 4 rings (SSSR count). The molecule has 3 aliphatic carbocycles. The normalized spacial score (nSPS) is 28.9. The first-order valence-corrected chi connectivity index (χ1v) is 19.7. The van der Waals surface area contributed by atoms with Gasteiger partial charge in [-0.05, 0) is 103 Å². The zero-order valence-electron chi connectivity index (χ0n) is 27.8. The Labute approximate surface area is 285 Å². The van der Waals surface area contributed by atoms with E-state index in [-0.39, 0.29) is 43.3 Å². The number of ether oxygens (including phenoxy) is 2. The Morgan fingerprint density at radius 2 is 1.67 bits per heavy atom. The summed E-state index contributed by atoms with van der Waals surface area (Å²) < 4.78 is 127. The second-order valence-corrected chi connectivity index (χ2v) is 16.4. The van der Waals surface area contributed by atoms with Crippen LogP contribution in [0, 0.1) is 23.2 Å². The number of methoxy groups -OCH3 is 1. The summed E-state index contributed by atoms with van der Waals surface area (Å²) >= 11 is 1.42. The van der Waals surface area contributed by atoms with Gasteiger partial charge in [0.1, 0.15) is 18.0 Å². The largest absolute Gasteiger partial charge is 0.468 e. The van der Waals surface area contributed by atoms with E-state index < -0.39 is 46.6 Å². The molecule has 14 heteroatoms. The van der Waals surface area contributed by atoms with Crippen molar-refractivity contribution in [2.24, 2.45) is 23.2 Å². The molecule has 0 aromatic heterocycles. The third-order valence-corrected chi connectivity index (χ3v) is 12.5. The van der Waals surface area contributed by atoms with Crippen molar-refractivity contribution in [3.63, 3.8) is 0 Å². The Morgan fingerprint density at radius 3 is 2.33 bits per heavy atom. The first kappa shape index (κ1) is 39.6. The fourth-order valence-electron chi connectivity index (χ4n) is 8.63. The number of hydrogen-bond acceptors (Lipinski definition) is 6. The fraction of sp³-hybridized carbons (Fsp3) is 0.824. The van der Waals surface area contributed by atoms with Gasteiger partial charge in [0, 0.05) is 18.9 Å². The first-order chi connectivity index (χ1) is 22.6. The van der Waals surface area contributed by atoms with Gasteiger partial charge in [-0.2, -0.15) is 42.1 Å². The van der Waals surface area contributed by atoms with Gasteiger partial charge in [0.25, 0.3) is 0 Å². The number of benzene rings is 1. The number of rotatable bonds is 19. The first-order valence-electron chi connectivity index (χ1n) is 17.1. The lowest BCUT2D eigenvalue weighted by atomic mass is 9.52. The molecule has 2 fully saturated rings. The van der Waals surface area contributed by atoms with Crippen LogP contribution >= 0.6 is 11.8 Å². The highest BCUT2D eigenvalue weighted by atomic mass is 32.3. The summed E-state index contributed by atoms with van der Waals surface area (Å²) in [6, 6.07) is 6.13. The lowest BCUT2D eigenvalue weighted by molar-refractivity contribution is -0.284. The van der Waals surface area contributed by atoms with E-state index in [1.54, 1.807) is 7.11 Å². The van der Waals surface area contributed by atoms with Crippen LogP contribution in [0.1, 0.15) is 107 Å². The molecule has 7 atom stereocenters. The maximum atomic E-state index is 15.5. The van der Waals surface area contributed by atoms with Crippen LogP contribution in [0.25, 0.3) is 0 Å². The van der Waals surface area contributed by atoms with E-state index >= 15 is 4.39 Å². The molecule has 0 heterocycles. The lowest BCUT2D eigenvalue weighted by Gasteiger charge is -2.53. The second kappa shape index (κ2) is 16.9. The number of thioether (sulfide) groups is 1. The Bertz CT molecular complexity index is 1280. The molecule has 6 nitrogen and oxygen atoms in total. The summed E-state index contributed by atoms with van der Waals surface area (Å²) in [4.78, 5) is 0. The summed E-state index contributed by atoms with van der Waals surface area (Å²) in [6.07, 6.45) is 0.946. The van der Waals surface area contributed by atoms with Crippen molar-refractivity contribution in [2.45, 2.75) is 127 Å². The molecule has 0 saturated heterocycles. The molecule has 2 saturated carbocycles. The Kier molecular flexibility index (Phi) is 13.9. The van der Waals surface area contributed by atoms with Gasteiger partial charge in [-0.1, -0.05) is 51.5 Å². The average molecular weight is 733 g/mol.